The minimum absolute atomic E-state index is 0.347. The van der Waals surface area contributed by atoms with Crippen LogP contribution in [0.5, 0.6) is 0 Å². The van der Waals surface area contributed by atoms with E-state index in [2.05, 4.69) is 44.9 Å². The maximum Gasteiger partial charge on any atom is 0.180 e. The smallest absolute Gasteiger partial charge is 0.180 e. The van der Waals surface area contributed by atoms with Gasteiger partial charge >= 0.3 is 0 Å². The number of aromatic nitrogens is 4. The first-order valence-electron chi connectivity index (χ1n) is 7.24. The zero-order chi connectivity index (χ0) is 15.1. The molecule has 0 aliphatic carbocycles. The molecule has 3 rings (SSSR count). The van der Waals surface area contributed by atoms with E-state index in [9.17, 15) is 0 Å². The van der Waals surface area contributed by atoms with Crippen LogP contribution in [0, 0.1) is 13.8 Å². The number of benzene rings is 1. The highest BCUT2D eigenvalue weighted by atomic mass is 15.3. The largest absolute Gasteiger partial charge is 0.275 e. The van der Waals surface area contributed by atoms with Crippen LogP contribution < -0.4 is 0 Å². The second kappa shape index (κ2) is 4.95. The van der Waals surface area contributed by atoms with Crippen LogP contribution in [0.1, 0.15) is 36.6 Å². The molecule has 2 aromatic heterocycles. The van der Waals surface area contributed by atoms with Crippen molar-refractivity contribution >= 4 is 10.9 Å². The van der Waals surface area contributed by atoms with E-state index in [1.807, 2.05) is 19.3 Å². The third-order valence-corrected chi connectivity index (χ3v) is 3.83. The summed E-state index contributed by atoms with van der Waals surface area (Å²) in [4.78, 5) is 9.48. The summed E-state index contributed by atoms with van der Waals surface area (Å²) >= 11 is 0. The van der Waals surface area contributed by atoms with Crippen LogP contribution in [-0.2, 0) is 7.05 Å². The van der Waals surface area contributed by atoms with Crippen molar-refractivity contribution in [2.75, 3.05) is 0 Å². The first-order valence-corrected chi connectivity index (χ1v) is 7.24. The molecular weight excluding hydrogens is 260 g/mol. The molecule has 0 radical (unpaired) electrons. The van der Waals surface area contributed by atoms with Gasteiger partial charge in [0.2, 0.25) is 0 Å². The first-order chi connectivity index (χ1) is 9.95. The average Bonchev–Trinajstić information content (AvgIpc) is 2.85. The number of hydrogen-bond donors (Lipinski definition) is 0. The van der Waals surface area contributed by atoms with E-state index < -0.39 is 0 Å². The van der Waals surface area contributed by atoms with Crippen LogP contribution in [0.15, 0.2) is 24.4 Å². The van der Waals surface area contributed by atoms with Crippen molar-refractivity contribution in [1.82, 2.24) is 19.7 Å². The van der Waals surface area contributed by atoms with Gasteiger partial charge in [0, 0.05) is 18.6 Å². The summed E-state index contributed by atoms with van der Waals surface area (Å²) in [5.41, 5.74) is 5.43. The lowest BCUT2D eigenvalue weighted by Crippen LogP contribution is -2.01. The normalized spacial score (nSPS) is 11.5. The molecule has 0 N–H and O–H groups in total. The van der Waals surface area contributed by atoms with Gasteiger partial charge in [0.1, 0.15) is 5.69 Å². The maximum absolute atomic E-state index is 4.77. The van der Waals surface area contributed by atoms with Gasteiger partial charge < -0.3 is 0 Å². The predicted molar refractivity (Wildman–Crippen MR) is 85.3 cm³/mol. The van der Waals surface area contributed by atoms with E-state index >= 15 is 0 Å². The van der Waals surface area contributed by atoms with Crippen LogP contribution in [0.2, 0.25) is 0 Å². The second-order valence-electron chi connectivity index (χ2n) is 5.92. The summed E-state index contributed by atoms with van der Waals surface area (Å²) in [5, 5.41) is 5.57. The van der Waals surface area contributed by atoms with Gasteiger partial charge in [-0.2, -0.15) is 5.10 Å². The molecule has 0 fully saturated rings. The standard InChI is InChI=1S/C17H20N4/c1-10(2)16-13-8-11(3)12(4)9-15(13)18-17(19-16)14-6-7-21(5)20-14/h6-10H,1-5H3. The highest BCUT2D eigenvalue weighted by molar-refractivity contribution is 5.84. The minimum atomic E-state index is 0.347. The quantitative estimate of drug-likeness (QED) is 0.717. The van der Waals surface area contributed by atoms with Gasteiger partial charge in [0.15, 0.2) is 5.82 Å². The number of hydrogen-bond acceptors (Lipinski definition) is 3. The predicted octanol–water partition coefficient (Wildman–Crippen LogP) is 3.77. The Morgan fingerprint density at radius 2 is 1.76 bits per heavy atom. The molecule has 4 heteroatoms. The molecule has 4 nitrogen and oxygen atoms in total. The molecule has 0 unspecified atom stereocenters. The van der Waals surface area contributed by atoms with Gasteiger partial charge in [-0.05, 0) is 49.1 Å². The summed E-state index contributed by atoms with van der Waals surface area (Å²) < 4.78 is 1.78. The average molecular weight is 280 g/mol. The van der Waals surface area contributed by atoms with Crippen molar-refractivity contribution in [2.24, 2.45) is 7.05 Å². The summed E-state index contributed by atoms with van der Waals surface area (Å²) in [6.07, 6.45) is 1.92. The van der Waals surface area contributed by atoms with Crippen molar-refractivity contribution in [2.45, 2.75) is 33.6 Å². The van der Waals surface area contributed by atoms with E-state index in [0.717, 1.165) is 22.3 Å². The minimum Gasteiger partial charge on any atom is -0.275 e. The van der Waals surface area contributed by atoms with Gasteiger partial charge in [-0.25, -0.2) is 9.97 Å². The Morgan fingerprint density at radius 3 is 2.38 bits per heavy atom. The molecule has 108 valence electrons. The molecule has 0 bridgehead atoms. The molecule has 0 saturated heterocycles. The molecule has 21 heavy (non-hydrogen) atoms. The van der Waals surface area contributed by atoms with Crippen molar-refractivity contribution < 1.29 is 0 Å². The van der Waals surface area contributed by atoms with Crippen LogP contribution in [-0.4, -0.2) is 19.7 Å². The first kappa shape index (κ1) is 13.7. The van der Waals surface area contributed by atoms with Crippen LogP contribution in [0.4, 0.5) is 0 Å². The van der Waals surface area contributed by atoms with E-state index in [1.165, 1.54) is 11.1 Å². The number of aryl methyl sites for hydroxylation is 3. The number of fused-ring (bicyclic) bond motifs is 1. The van der Waals surface area contributed by atoms with Crippen molar-refractivity contribution in [3.63, 3.8) is 0 Å². The van der Waals surface area contributed by atoms with Gasteiger partial charge in [-0.1, -0.05) is 13.8 Å². The Hall–Kier alpha value is -2.23. The Labute approximate surface area is 124 Å². The molecule has 0 aliphatic heterocycles. The Kier molecular flexibility index (Phi) is 3.24. The van der Waals surface area contributed by atoms with Crippen molar-refractivity contribution in [3.8, 4) is 11.5 Å². The molecule has 3 aromatic rings. The fourth-order valence-electron chi connectivity index (χ4n) is 2.50. The third-order valence-electron chi connectivity index (χ3n) is 3.83. The lowest BCUT2D eigenvalue weighted by molar-refractivity contribution is 0.767. The monoisotopic (exact) mass is 280 g/mol. The van der Waals surface area contributed by atoms with E-state index in [-0.39, 0.29) is 0 Å². The fraction of sp³-hybridized carbons (Fsp3) is 0.353. The van der Waals surface area contributed by atoms with Gasteiger partial charge in [-0.15, -0.1) is 0 Å². The highest BCUT2D eigenvalue weighted by Gasteiger charge is 2.14. The summed E-state index contributed by atoms with van der Waals surface area (Å²) in [5.74, 6) is 1.05. The molecule has 0 amide bonds. The Morgan fingerprint density at radius 1 is 1.05 bits per heavy atom. The zero-order valence-electron chi connectivity index (χ0n) is 13.2. The fourth-order valence-corrected chi connectivity index (χ4v) is 2.50. The SMILES string of the molecule is Cc1cc2nc(-c3ccn(C)n3)nc(C(C)C)c2cc1C. The third kappa shape index (κ3) is 2.42. The molecule has 1 aromatic carbocycles. The topological polar surface area (TPSA) is 43.6 Å². The lowest BCUT2D eigenvalue weighted by Gasteiger charge is -2.12. The van der Waals surface area contributed by atoms with E-state index in [1.54, 1.807) is 4.68 Å². The van der Waals surface area contributed by atoms with Crippen LogP contribution >= 0.6 is 0 Å². The zero-order valence-corrected chi connectivity index (χ0v) is 13.2. The highest BCUT2D eigenvalue weighted by Crippen LogP contribution is 2.27. The van der Waals surface area contributed by atoms with Crippen LogP contribution in [0.3, 0.4) is 0 Å². The molecule has 0 saturated carbocycles. The molecule has 0 atom stereocenters. The van der Waals surface area contributed by atoms with E-state index in [0.29, 0.717) is 11.7 Å². The maximum atomic E-state index is 4.77. The molecule has 2 heterocycles. The Bertz CT molecular complexity index is 815. The van der Waals surface area contributed by atoms with Crippen LogP contribution in [0.25, 0.3) is 22.4 Å². The summed E-state index contributed by atoms with van der Waals surface area (Å²) in [6.45, 7) is 8.58. The number of rotatable bonds is 2. The number of nitrogens with zero attached hydrogens (tertiary/aromatic N) is 4. The second-order valence-corrected chi connectivity index (χ2v) is 5.92. The molecule has 0 spiro atoms. The molecular formula is C17H20N4. The van der Waals surface area contributed by atoms with Gasteiger partial charge in [0.05, 0.1) is 11.2 Å². The summed E-state index contributed by atoms with van der Waals surface area (Å²) in [6, 6.07) is 6.29. The summed E-state index contributed by atoms with van der Waals surface area (Å²) in [7, 11) is 1.90. The molecule has 0 aliphatic rings. The van der Waals surface area contributed by atoms with Crippen molar-refractivity contribution in [1.29, 1.82) is 0 Å². The van der Waals surface area contributed by atoms with E-state index in [4.69, 9.17) is 9.97 Å². The lowest BCUT2D eigenvalue weighted by atomic mass is 10.00. The van der Waals surface area contributed by atoms with Crippen molar-refractivity contribution in [3.05, 3.63) is 41.2 Å². The van der Waals surface area contributed by atoms with Gasteiger partial charge in [-0.3, -0.25) is 4.68 Å². The van der Waals surface area contributed by atoms with Gasteiger partial charge in [0.25, 0.3) is 0 Å². The Balaban J connectivity index is 2.31.